The third-order valence-corrected chi connectivity index (χ3v) is 2.09. The van der Waals surface area contributed by atoms with Crippen molar-refractivity contribution in [1.82, 2.24) is 4.98 Å². The summed E-state index contributed by atoms with van der Waals surface area (Å²) in [6.45, 7) is 2.05. The second kappa shape index (κ2) is 2.94. The summed E-state index contributed by atoms with van der Waals surface area (Å²) in [6, 6.07) is 2.05. The molecule has 12 heavy (non-hydrogen) atoms. The van der Waals surface area contributed by atoms with Crippen LogP contribution in [0.4, 0.5) is 0 Å². The van der Waals surface area contributed by atoms with E-state index in [0.29, 0.717) is 0 Å². The second-order valence-electron chi connectivity index (χ2n) is 2.93. The van der Waals surface area contributed by atoms with Crippen molar-refractivity contribution in [3.05, 3.63) is 40.5 Å². The Kier molecular flexibility index (Phi) is 1.78. The molecule has 0 bridgehead atoms. The number of rotatable bonds is 0. The molecular weight excluding hydrogens is 146 g/mol. The zero-order valence-corrected chi connectivity index (χ0v) is 7.12. The molecule has 0 radical (unpaired) electrons. The van der Waals surface area contributed by atoms with Gasteiger partial charge in [-0.1, -0.05) is 24.3 Å². The SMILES string of the molecule is Cc1nccc2c1=CCC=CC=2. The molecule has 60 valence electrons. The lowest BCUT2D eigenvalue weighted by Crippen LogP contribution is -2.27. The molecule has 0 fully saturated rings. The van der Waals surface area contributed by atoms with Crippen LogP contribution in [0.2, 0.25) is 0 Å². The van der Waals surface area contributed by atoms with Crippen LogP contribution in [0.25, 0.3) is 12.2 Å². The van der Waals surface area contributed by atoms with Crippen molar-refractivity contribution in [2.45, 2.75) is 13.3 Å². The van der Waals surface area contributed by atoms with Gasteiger partial charge in [-0.25, -0.2) is 0 Å². The monoisotopic (exact) mass is 157 g/mol. The summed E-state index contributed by atoms with van der Waals surface area (Å²) in [4.78, 5) is 4.26. The van der Waals surface area contributed by atoms with Crippen molar-refractivity contribution in [2.75, 3.05) is 0 Å². The van der Waals surface area contributed by atoms with Gasteiger partial charge in [-0.2, -0.15) is 0 Å². The minimum absolute atomic E-state index is 1.01. The normalized spacial score (nSPS) is 14.1. The van der Waals surface area contributed by atoms with Crippen molar-refractivity contribution in [3.8, 4) is 0 Å². The van der Waals surface area contributed by atoms with Crippen LogP contribution in [-0.4, -0.2) is 4.98 Å². The molecule has 0 aliphatic heterocycles. The van der Waals surface area contributed by atoms with Crippen molar-refractivity contribution in [3.63, 3.8) is 0 Å². The molecule has 1 heteroatoms. The number of hydrogen-bond acceptors (Lipinski definition) is 1. The maximum Gasteiger partial charge on any atom is 0.0447 e. The van der Waals surface area contributed by atoms with E-state index in [1.807, 2.05) is 6.20 Å². The van der Waals surface area contributed by atoms with E-state index >= 15 is 0 Å². The fraction of sp³-hybridized carbons (Fsp3) is 0.182. The molecule has 0 spiro atoms. The molecular formula is C11H11N. The molecule has 1 aliphatic rings. The van der Waals surface area contributed by atoms with E-state index in [9.17, 15) is 0 Å². The number of hydrogen-bond donors (Lipinski definition) is 0. The molecule has 0 saturated carbocycles. The van der Waals surface area contributed by atoms with Crippen LogP contribution in [0.3, 0.4) is 0 Å². The van der Waals surface area contributed by atoms with Gasteiger partial charge >= 0.3 is 0 Å². The van der Waals surface area contributed by atoms with Crippen molar-refractivity contribution < 1.29 is 0 Å². The van der Waals surface area contributed by atoms with E-state index in [2.05, 4.69) is 42.3 Å². The summed E-state index contributed by atoms with van der Waals surface area (Å²) in [7, 11) is 0. The summed E-state index contributed by atoms with van der Waals surface area (Å²) >= 11 is 0. The number of aryl methyl sites for hydroxylation is 1. The summed E-state index contributed by atoms with van der Waals surface area (Å²) in [6.07, 6.45) is 11.5. The molecule has 0 amide bonds. The minimum atomic E-state index is 1.01. The highest BCUT2D eigenvalue weighted by atomic mass is 14.6. The van der Waals surface area contributed by atoms with Gasteiger partial charge < -0.3 is 0 Å². The highest BCUT2D eigenvalue weighted by molar-refractivity contribution is 5.44. The maximum atomic E-state index is 4.26. The first kappa shape index (κ1) is 7.29. The van der Waals surface area contributed by atoms with Gasteiger partial charge in [0.05, 0.1) is 0 Å². The lowest BCUT2D eigenvalue weighted by Gasteiger charge is -1.92. The second-order valence-corrected chi connectivity index (χ2v) is 2.93. The van der Waals surface area contributed by atoms with Gasteiger partial charge in [0, 0.05) is 11.9 Å². The first-order valence-corrected chi connectivity index (χ1v) is 4.16. The highest BCUT2D eigenvalue weighted by Gasteiger charge is 1.91. The maximum absolute atomic E-state index is 4.26. The van der Waals surface area contributed by atoms with Crippen LogP contribution in [-0.2, 0) is 0 Å². The number of allylic oxidation sites excluding steroid dienone is 2. The zero-order valence-electron chi connectivity index (χ0n) is 7.12. The van der Waals surface area contributed by atoms with Crippen LogP contribution < -0.4 is 10.4 Å². The lowest BCUT2D eigenvalue weighted by atomic mass is 10.2. The summed E-state index contributed by atoms with van der Waals surface area (Å²) < 4.78 is 0. The number of nitrogens with zero attached hydrogens (tertiary/aromatic N) is 1. The van der Waals surface area contributed by atoms with E-state index in [1.165, 1.54) is 10.4 Å². The molecule has 1 aromatic heterocycles. The van der Waals surface area contributed by atoms with Crippen molar-refractivity contribution in [1.29, 1.82) is 0 Å². The van der Waals surface area contributed by atoms with E-state index < -0.39 is 0 Å². The van der Waals surface area contributed by atoms with E-state index in [4.69, 9.17) is 0 Å². The predicted molar refractivity (Wildman–Crippen MR) is 50.9 cm³/mol. The van der Waals surface area contributed by atoms with Gasteiger partial charge in [0.25, 0.3) is 0 Å². The molecule has 0 aromatic carbocycles. The Balaban J connectivity index is 2.85. The Bertz CT molecular complexity index is 427. The molecule has 0 saturated heterocycles. The van der Waals surface area contributed by atoms with Crippen LogP contribution in [0.15, 0.2) is 24.4 Å². The standard InChI is InChI=1S/C11H11N/c1-9-11-6-4-2-3-5-10(11)7-8-12-9/h2-3,5-8H,4H2,1H3. The van der Waals surface area contributed by atoms with Crippen molar-refractivity contribution in [2.24, 2.45) is 0 Å². The molecule has 0 unspecified atom stereocenters. The Morgan fingerprint density at radius 1 is 1.42 bits per heavy atom. The topological polar surface area (TPSA) is 12.9 Å². The largest absolute Gasteiger partial charge is 0.261 e. The minimum Gasteiger partial charge on any atom is -0.261 e. The Morgan fingerprint density at radius 2 is 2.33 bits per heavy atom. The molecule has 0 atom stereocenters. The van der Waals surface area contributed by atoms with Gasteiger partial charge in [-0.3, -0.25) is 4.98 Å². The third-order valence-electron chi connectivity index (χ3n) is 2.09. The third kappa shape index (κ3) is 1.18. The summed E-state index contributed by atoms with van der Waals surface area (Å²) in [5, 5.41) is 2.55. The van der Waals surface area contributed by atoms with E-state index in [0.717, 1.165) is 12.1 Å². The number of pyridine rings is 1. The smallest absolute Gasteiger partial charge is 0.0447 e. The van der Waals surface area contributed by atoms with Gasteiger partial charge in [-0.15, -0.1) is 0 Å². The molecule has 0 N–H and O–H groups in total. The zero-order chi connectivity index (χ0) is 8.39. The first-order chi connectivity index (χ1) is 5.88. The Labute approximate surface area is 71.8 Å². The van der Waals surface area contributed by atoms with Crippen LogP contribution >= 0.6 is 0 Å². The summed E-state index contributed by atoms with van der Waals surface area (Å²) in [5.41, 5.74) is 1.12. The van der Waals surface area contributed by atoms with Gasteiger partial charge in [0.1, 0.15) is 0 Å². The lowest BCUT2D eigenvalue weighted by molar-refractivity contribution is 1.15. The Morgan fingerprint density at radius 3 is 3.25 bits per heavy atom. The van der Waals surface area contributed by atoms with Crippen LogP contribution in [0.5, 0.6) is 0 Å². The fourth-order valence-corrected chi connectivity index (χ4v) is 1.44. The van der Waals surface area contributed by atoms with Crippen molar-refractivity contribution >= 4 is 12.2 Å². The molecule has 1 nitrogen and oxygen atoms in total. The van der Waals surface area contributed by atoms with Gasteiger partial charge in [0.15, 0.2) is 0 Å². The fourth-order valence-electron chi connectivity index (χ4n) is 1.44. The molecule has 2 rings (SSSR count). The quantitative estimate of drug-likeness (QED) is 0.545. The number of fused-ring (bicyclic) bond motifs is 1. The predicted octanol–water partition coefficient (Wildman–Crippen LogP) is 0.911. The Hall–Kier alpha value is -1.37. The van der Waals surface area contributed by atoms with Crippen LogP contribution in [0, 0.1) is 6.92 Å². The highest BCUT2D eigenvalue weighted by Crippen LogP contribution is 1.89. The average molecular weight is 157 g/mol. The summed E-state index contributed by atoms with van der Waals surface area (Å²) in [5.74, 6) is 0. The van der Waals surface area contributed by atoms with E-state index in [1.54, 1.807) is 0 Å². The average Bonchev–Trinajstić information content (AvgIpc) is 2.30. The van der Waals surface area contributed by atoms with Gasteiger partial charge in [-0.05, 0) is 29.8 Å². The molecule has 1 aliphatic carbocycles. The molecule has 1 aromatic rings. The van der Waals surface area contributed by atoms with Gasteiger partial charge in [0.2, 0.25) is 0 Å². The molecule has 1 heterocycles. The van der Waals surface area contributed by atoms with E-state index in [-0.39, 0.29) is 0 Å². The first-order valence-electron chi connectivity index (χ1n) is 4.16. The number of aromatic nitrogens is 1. The van der Waals surface area contributed by atoms with Crippen LogP contribution in [0.1, 0.15) is 12.1 Å².